The minimum absolute atomic E-state index is 0.0340. The number of unbranched alkanes of at least 4 members (excludes halogenated alkanes) is 1. The van der Waals surface area contributed by atoms with Crippen molar-refractivity contribution in [1.82, 2.24) is 4.90 Å². The standard InChI is InChI=1S/C23H27ClN2O6/c1-2-11-25(15-8-4-3-7-14(15)24)21(29)19-23-10-9-16(32-23)17(22(30)31)18(23)20(28)26(19)12-5-6-13-27/h2-4,7-8,16-19,27H,1,5-6,9-13H2,(H,30,31)/t16-,17+,18+,19-,23+/m1/s1. The Hall–Kier alpha value is -2.42. The molecule has 1 aromatic carbocycles. The van der Waals surface area contributed by atoms with Crippen LogP contribution in [0.3, 0.4) is 0 Å². The van der Waals surface area contributed by atoms with Gasteiger partial charge in [0.15, 0.2) is 0 Å². The van der Waals surface area contributed by atoms with Crippen molar-refractivity contribution in [3.05, 3.63) is 41.9 Å². The fraction of sp³-hybridized carbons (Fsp3) is 0.522. The van der Waals surface area contributed by atoms with Gasteiger partial charge in [0.25, 0.3) is 5.91 Å². The number of carbonyl (C=O) groups is 3. The van der Waals surface area contributed by atoms with Crippen LogP contribution >= 0.6 is 11.6 Å². The van der Waals surface area contributed by atoms with E-state index in [-0.39, 0.29) is 31.5 Å². The van der Waals surface area contributed by atoms with Gasteiger partial charge in [-0.1, -0.05) is 29.8 Å². The molecule has 2 amide bonds. The third kappa shape index (κ3) is 3.41. The Bertz CT molecular complexity index is 939. The van der Waals surface area contributed by atoms with Crippen LogP contribution in [-0.4, -0.2) is 70.3 Å². The van der Waals surface area contributed by atoms with Gasteiger partial charge in [-0.3, -0.25) is 14.4 Å². The van der Waals surface area contributed by atoms with Crippen molar-refractivity contribution in [2.24, 2.45) is 11.8 Å². The van der Waals surface area contributed by atoms with Gasteiger partial charge in [0.05, 0.1) is 28.6 Å². The van der Waals surface area contributed by atoms with E-state index in [0.717, 1.165) is 0 Å². The molecule has 0 aromatic heterocycles. The molecule has 1 spiro atoms. The Kier molecular flexibility index (Phi) is 6.29. The number of halogens is 1. The number of aliphatic hydroxyl groups is 1. The lowest BCUT2D eigenvalue weighted by atomic mass is 9.70. The molecule has 4 rings (SSSR count). The molecule has 172 valence electrons. The number of aliphatic carboxylic acids is 1. The van der Waals surface area contributed by atoms with Gasteiger partial charge in [-0.2, -0.15) is 0 Å². The molecule has 2 N–H and O–H groups in total. The Morgan fingerprint density at radius 2 is 2.09 bits per heavy atom. The topological polar surface area (TPSA) is 107 Å². The number of amides is 2. The van der Waals surface area contributed by atoms with Gasteiger partial charge in [0.1, 0.15) is 11.6 Å². The average molecular weight is 463 g/mol. The Morgan fingerprint density at radius 3 is 2.75 bits per heavy atom. The molecule has 0 aliphatic carbocycles. The second-order valence-corrected chi connectivity index (χ2v) is 8.95. The number of benzene rings is 1. The highest BCUT2D eigenvalue weighted by Crippen LogP contribution is 2.58. The van der Waals surface area contributed by atoms with Crippen molar-refractivity contribution >= 4 is 35.1 Å². The van der Waals surface area contributed by atoms with Crippen LogP contribution in [0.25, 0.3) is 0 Å². The fourth-order valence-electron chi connectivity index (χ4n) is 5.60. The zero-order valence-corrected chi connectivity index (χ0v) is 18.4. The summed E-state index contributed by atoms with van der Waals surface area (Å²) in [7, 11) is 0. The van der Waals surface area contributed by atoms with E-state index in [1.807, 2.05) is 0 Å². The van der Waals surface area contributed by atoms with E-state index in [4.69, 9.17) is 16.3 Å². The first-order valence-electron chi connectivity index (χ1n) is 10.9. The number of carboxylic acids is 1. The summed E-state index contributed by atoms with van der Waals surface area (Å²) in [5.41, 5.74) is -0.689. The van der Waals surface area contributed by atoms with Crippen LogP contribution in [0, 0.1) is 11.8 Å². The van der Waals surface area contributed by atoms with Gasteiger partial charge in [-0.25, -0.2) is 0 Å². The third-order valence-electron chi connectivity index (χ3n) is 6.85. The van der Waals surface area contributed by atoms with E-state index in [9.17, 15) is 24.6 Å². The summed E-state index contributed by atoms with van der Waals surface area (Å²) in [6, 6.07) is 5.96. The van der Waals surface area contributed by atoms with Gasteiger partial charge in [0, 0.05) is 19.7 Å². The summed E-state index contributed by atoms with van der Waals surface area (Å²) in [5.74, 6) is -3.69. The van der Waals surface area contributed by atoms with Gasteiger partial charge in [0.2, 0.25) is 5.91 Å². The number of anilines is 1. The van der Waals surface area contributed by atoms with Gasteiger partial charge >= 0.3 is 5.97 Å². The molecular formula is C23H27ClN2O6. The van der Waals surface area contributed by atoms with E-state index in [0.29, 0.717) is 36.4 Å². The summed E-state index contributed by atoms with van der Waals surface area (Å²) in [5, 5.41) is 19.4. The predicted molar refractivity (Wildman–Crippen MR) is 117 cm³/mol. The maximum absolute atomic E-state index is 14.0. The number of carbonyl (C=O) groups excluding carboxylic acids is 2. The maximum atomic E-state index is 14.0. The van der Waals surface area contributed by atoms with E-state index < -0.39 is 35.6 Å². The lowest BCUT2D eigenvalue weighted by Gasteiger charge is -2.37. The van der Waals surface area contributed by atoms with Gasteiger partial charge in [-0.05, 0) is 37.8 Å². The highest BCUT2D eigenvalue weighted by molar-refractivity contribution is 6.34. The summed E-state index contributed by atoms with van der Waals surface area (Å²) < 4.78 is 6.19. The van der Waals surface area contributed by atoms with Crippen molar-refractivity contribution in [2.45, 2.75) is 43.4 Å². The van der Waals surface area contributed by atoms with Gasteiger partial charge in [-0.15, -0.1) is 6.58 Å². The Labute approximate surface area is 191 Å². The van der Waals surface area contributed by atoms with Crippen LogP contribution in [0.15, 0.2) is 36.9 Å². The fourth-order valence-corrected chi connectivity index (χ4v) is 5.84. The summed E-state index contributed by atoms with van der Waals surface area (Å²) in [6.07, 6.45) is 2.89. The summed E-state index contributed by atoms with van der Waals surface area (Å²) in [6.45, 7) is 4.12. The monoisotopic (exact) mass is 462 g/mol. The van der Waals surface area contributed by atoms with Crippen molar-refractivity contribution in [1.29, 1.82) is 0 Å². The van der Waals surface area contributed by atoms with Crippen LogP contribution in [0.4, 0.5) is 5.69 Å². The zero-order valence-electron chi connectivity index (χ0n) is 17.7. The number of hydrogen-bond donors (Lipinski definition) is 2. The Morgan fingerprint density at radius 1 is 1.34 bits per heavy atom. The van der Waals surface area contributed by atoms with Crippen LogP contribution in [-0.2, 0) is 19.1 Å². The second kappa shape index (κ2) is 8.84. The summed E-state index contributed by atoms with van der Waals surface area (Å²) in [4.78, 5) is 42.5. The first-order chi connectivity index (χ1) is 15.4. The first-order valence-corrected chi connectivity index (χ1v) is 11.2. The molecule has 2 bridgehead atoms. The molecule has 3 aliphatic rings. The molecule has 3 saturated heterocycles. The Balaban J connectivity index is 1.77. The molecule has 3 heterocycles. The highest BCUT2D eigenvalue weighted by atomic mass is 35.5. The molecule has 3 aliphatic heterocycles. The van der Waals surface area contributed by atoms with Crippen molar-refractivity contribution in [2.75, 3.05) is 24.6 Å². The number of hydrogen-bond acceptors (Lipinski definition) is 5. The van der Waals surface area contributed by atoms with E-state index in [2.05, 4.69) is 6.58 Å². The molecule has 1 aromatic rings. The first kappa shape index (κ1) is 22.8. The number of rotatable bonds is 9. The van der Waals surface area contributed by atoms with Crippen LogP contribution in [0.1, 0.15) is 25.7 Å². The minimum Gasteiger partial charge on any atom is -0.481 e. The van der Waals surface area contributed by atoms with Crippen molar-refractivity contribution in [3.8, 4) is 0 Å². The van der Waals surface area contributed by atoms with E-state index in [1.54, 1.807) is 30.3 Å². The van der Waals surface area contributed by atoms with Crippen molar-refractivity contribution in [3.63, 3.8) is 0 Å². The largest absolute Gasteiger partial charge is 0.481 e. The maximum Gasteiger partial charge on any atom is 0.310 e. The molecular weight excluding hydrogens is 436 g/mol. The molecule has 8 nitrogen and oxygen atoms in total. The molecule has 3 fully saturated rings. The number of carboxylic acid groups (broad SMARTS) is 1. The lowest BCUT2D eigenvalue weighted by Crippen LogP contribution is -2.56. The lowest BCUT2D eigenvalue weighted by molar-refractivity contribution is -0.149. The summed E-state index contributed by atoms with van der Waals surface area (Å²) >= 11 is 6.38. The minimum atomic E-state index is -1.18. The smallest absolute Gasteiger partial charge is 0.310 e. The van der Waals surface area contributed by atoms with Crippen LogP contribution in [0.2, 0.25) is 5.02 Å². The quantitative estimate of drug-likeness (QED) is 0.430. The predicted octanol–water partition coefficient (Wildman–Crippen LogP) is 2.09. The number of likely N-dealkylation sites (tertiary alicyclic amines) is 1. The molecule has 0 radical (unpaired) electrons. The normalized spacial score (nSPS) is 30.4. The number of fused-ring (bicyclic) bond motifs is 1. The van der Waals surface area contributed by atoms with Crippen LogP contribution in [0.5, 0.6) is 0 Å². The molecule has 5 atom stereocenters. The highest BCUT2D eigenvalue weighted by Gasteiger charge is 2.74. The number of aliphatic hydroxyl groups excluding tert-OH is 1. The second-order valence-electron chi connectivity index (χ2n) is 8.55. The SMILES string of the molecule is C=CCN(C(=O)[C@H]1N(CCCCO)C(=O)[C@@H]2[C@@H](C(=O)O)[C@H]3CC[C@]21O3)c1ccccc1Cl. The molecule has 0 unspecified atom stereocenters. The van der Waals surface area contributed by atoms with E-state index >= 15 is 0 Å². The van der Waals surface area contributed by atoms with E-state index in [1.165, 1.54) is 9.80 Å². The zero-order chi connectivity index (χ0) is 23.0. The molecule has 9 heteroatoms. The third-order valence-corrected chi connectivity index (χ3v) is 7.17. The molecule has 32 heavy (non-hydrogen) atoms. The average Bonchev–Trinajstić information content (AvgIpc) is 3.40. The number of ether oxygens (including phenoxy) is 1. The number of para-hydroxylation sites is 1. The van der Waals surface area contributed by atoms with Crippen LogP contribution < -0.4 is 4.90 Å². The molecule has 0 saturated carbocycles. The van der Waals surface area contributed by atoms with Crippen molar-refractivity contribution < 1.29 is 29.3 Å². The van der Waals surface area contributed by atoms with Gasteiger partial charge < -0.3 is 24.7 Å². The number of nitrogens with zero attached hydrogens (tertiary/aromatic N) is 2.